The molecule has 0 aromatic heterocycles. The fourth-order valence-electron chi connectivity index (χ4n) is 3.54. The summed E-state index contributed by atoms with van der Waals surface area (Å²) in [7, 11) is 3.11. The third-order valence-electron chi connectivity index (χ3n) is 5.96. The van der Waals surface area contributed by atoms with E-state index in [4.69, 9.17) is 0 Å². The molecular weight excluding hydrogens is 457 g/mol. The van der Waals surface area contributed by atoms with Crippen molar-refractivity contribution in [3.63, 3.8) is 0 Å². The van der Waals surface area contributed by atoms with Crippen LogP contribution in [-0.2, 0) is 9.59 Å². The first kappa shape index (κ1) is 33.7. The zero-order chi connectivity index (χ0) is 27.9. The normalized spacial score (nSPS) is 16.5. The minimum absolute atomic E-state index is 0.0278. The second kappa shape index (κ2) is 13.3. The lowest BCUT2D eigenvalue weighted by molar-refractivity contribution is -0.184. The van der Waals surface area contributed by atoms with Gasteiger partial charge in [-0.1, -0.05) is 69.2 Å². The summed E-state index contributed by atoms with van der Waals surface area (Å²) in [6, 6.07) is 0.733. The van der Waals surface area contributed by atoms with Crippen LogP contribution in [0.2, 0.25) is 0 Å². The number of halogens is 3. The van der Waals surface area contributed by atoms with E-state index in [1.807, 2.05) is 46.6 Å². The van der Waals surface area contributed by atoms with E-state index in [1.165, 1.54) is 7.05 Å². The van der Waals surface area contributed by atoms with E-state index in [1.54, 1.807) is 0 Å². The smallest absolute Gasteiger partial charge is 0.344 e. The molecule has 0 heterocycles. The SMILES string of the molecule is CC(C)N[C@H](CN(C)C(=O)C(F)(F)F)C(C)(C)C.CC(C)N[C@H](CN(C)C(=O)C1CC1)C(C)(C)C. The lowest BCUT2D eigenvalue weighted by Crippen LogP contribution is -2.53. The first-order valence-electron chi connectivity index (χ1n) is 12.7. The second-order valence-electron chi connectivity index (χ2n) is 12.7. The van der Waals surface area contributed by atoms with Crippen LogP contribution in [0.15, 0.2) is 0 Å². The van der Waals surface area contributed by atoms with E-state index in [-0.39, 0.29) is 29.5 Å². The molecule has 0 saturated heterocycles. The molecule has 0 aliphatic heterocycles. The van der Waals surface area contributed by atoms with Crippen molar-refractivity contribution in [2.75, 3.05) is 27.2 Å². The average molecular weight is 509 g/mol. The summed E-state index contributed by atoms with van der Waals surface area (Å²) in [6.45, 7) is 21.4. The standard InChI is InChI=1S/C14H28N2O.C12H23F3N2O/c1-10(2)15-12(14(3,4)5)9-16(6)13(17)11-7-8-11;1-8(2)16-9(11(3,4)5)7-17(6)10(18)12(13,14)15/h10-12,15H,7-9H2,1-6H3;8-9,16H,7H2,1-6H3/t12-;9-/m11/s1. The lowest BCUT2D eigenvalue weighted by Gasteiger charge is -2.36. The van der Waals surface area contributed by atoms with Gasteiger partial charge in [0.25, 0.3) is 0 Å². The van der Waals surface area contributed by atoms with Gasteiger partial charge in [0.2, 0.25) is 5.91 Å². The highest BCUT2D eigenvalue weighted by Gasteiger charge is 2.42. The van der Waals surface area contributed by atoms with Crippen molar-refractivity contribution in [3.05, 3.63) is 0 Å². The van der Waals surface area contributed by atoms with Gasteiger partial charge in [-0.25, -0.2) is 0 Å². The Balaban J connectivity index is 0.000000661. The van der Waals surface area contributed by atoms with Gasteiger partial charge in [0.05, 0.1) is 0 Å². The number of carbonyl (C=O) groups is 2. The first-order valence-corrected chi connectivity index (χ1v) is 12.7. The van der Waals surface area contributed by atoms with E-state index in [0.717, 1.165) is 24.3 Å². The van der Waals surface area contributed by atoms with Crippen LogP contribution in [-0.4, -0.2) is 79.1 Å². The summed E-state index contributed by atoms with van der Waals surface area (Å²) in [5, 5.41) is 6.77. The highest BCUT2D eigenvalue weighted by molar-refractivity contribution is 5.81. The molecule has 0 aromatic rings. The summed E-state index contributed by atoms with van der Waals surface area (Å²) in [4.78, 5) is 25.7. The van der Waals surface area contributed by atoms with Gasteiger partial charge in [0.15, 0.2) is 0 Å². The van der Waals surface area contributed by atoms with Crippen LogP contribution >= 0.6 is 0 Å². The van der Waals surface area contributed by atoms with Crippen LogP contribution in [0.3, 0.4) is 0 Å². The summed E-state index contributed by atoms with van der Waals surface area (Å²) >= 11 is 0. The predicted molar refractivity (Wildman–Crippen MR) is 137 cm³/mol. The third kappa shape index (κ3) is 13.5. The molecule has 6 nitrogen and oxygen atoms in total. The maximum absolute atomic E-state index is 12.3. The van der Waals surface area contributed by atoms with Gasteiger partial charge in [-0.15, -0.1) is 0 Å². The molecule has 0 radical (unpaired) electrons. The summed E-state index contributed by atoms with van der Waals surface area (Å²) in [5.74, 6) is -1.16. The van der Waals surface area contributed by atoms with E-state index in [0.29, 0.717) is 23.9 Å². The van der Waals surface area contributed by atoms with Crippen molar-refractivity contribution >= 4 is 11.8 Å². The Hall–Kier alpha value is -1.35. The molecule has 2 amide bonds. The van der Waals surface area contributed by atoms with Gasteiger partial charge in [0, 0.05) is 57.3 Å². The van der Waals surface area contributed by atoms with Crippen LogP contribution in [0, 0.1) is 16.7 Å². The minimum atomic E-state index is -4.81. The molecular formula is C26H51F3N4O2. The summed E-state index contributed by atoms with van der Waals surface area (Å²) < 4.78 is 36.9. The number of nitrogens with one attached hydrogen (secondary N) is 2. The van der Waals surface area contributed by atoms with Gasteiger partial charge < -0.3 is 20.4 Å². The van der Waals surface area contributed by atoms with Crippen LogP contribution in [0.5, 0.6) is 0 Å². The van der Waals surface area contributed by atoms with E-state index in [2.05, 4.69) is 45.3 Å². The molecule has 1 fully saturated rings. The summed E-state index contributed by atoms with van der Waals surface area (Å²) in [6.07, 6.45) is -2.64. The van der Waals surface area contributed by atoms with Crippen LogP contribution in [0.4, 0.5) is 13.2 Å². The number of carbonyl (C=O) groups excluding carboxylic acids is 2. The van der Waals surface area contributed by atoms with Crippen LogP contribution in [0.25, 0.3) is 0 Å². The Labute approximate surface area is 211 Å². The number of nitrogens with zero attached hydrogens (tertiary/aromatic N) is 2. The van der Waals surface area contributed by atoms with E-state index in [9.17, 15) is 22.8 Å². The van der Waals surface area contributed by atoms with E-state index < -0.39 is 12.1 Å². The zero-order valence-corrected chi connectivity index (χ0v) is 24.1. The number of rotatable bonds is 9. The summed E-state index contributed by atoms with van der Waals surface area (Å²) in [5.41, 5.74) is -0.0627. The van der Waals surface area contributed by atoms with Crippen molar-refractivity contribution in [1.82, 2.24) is 20.4 Å². The molecule has 2 N–H and O–H groups in total. The van der Waals surface area contributed by atoms with Crippen molar-refractivity contribution < 1.29 is 22.8 Å². The van der Waals surface area contributed by atoms with E-state index >= 15 is 0 Å². The molecule has 2 atom stereocenters. The van der Waals surface area contributed by atoms with Crippen molar-refractivity contribution in [2.45, 2.75) is 112 Å². The quantitative estimate of drug-likeness (QED) is 0.474. The van der Waals surface area contributed by atoms with Gasteiger partial charge >= 0.3 is 12.1 Å². The van der Waals surface area contributed by atoms with Gasteiger partial charge in [-0.3, -0.25) is 9.59 Å². The third-order valence-corrected chi connectivity index (χ3v) is 5.96. The molecule has 208 valence electrons. The first-order chi connectivity index (χ1) is 15.6. The largest absolute Gasteiger partial charge is 0.471 e. The number of alkyl halides is 3. The highest BCUT2D eigenvalue weighted by atomic mass is 19.4. The lowest BCUT2D eigenvalue weighted by atomic mass is 9.86. The maximum atomic E-state index is 12.3. The second-order valence-corrected chi connectivity index (χ2v) is 12.7. The topological polar surface area (TPSA) is 64.7 Å². The van der Waals surface area contributed by atoms with Crippen molar-refractivity contribution in [3.8, 4) is 0 Å². The minimum Gasteiger partial charge on any atom is -0.344 e. The van der Waals surface area contributed by atoms with Crippen molar-refractivity contribution in [2.24, 2.45) is 16.7 Å². The highest BCUT2D eigenvalue weighted by Crippen LogP contribution is 2.31. The average Bonchev–Trinajstić information content (AvgIpc) is 3.48. The molecule has 1 aliphatic carbocycles. The molecule has 9 heteroatoms. The van der Waals surface area contributed by atoms with Crippen molar-refractivity contribution in [1.29, 1.82) is 0 Å². The molecule has 1 aliphatic rings. The fourth-order valence-corrected chi connectivity index (χ4v) is 3.54. The van der Waals surface area contributed by atoms with Gasteiger partial charge in [0.1, 0.15) is 0 Å². The molecule has 0 aromatic carbocycles. The molecule has 35 heavy (non-hydrogen) atoms. The molecule has 0 unspecified atom stereocenters. The van der Waals surface area contributed by atoms with Gasteiger partial charge in [-0.05, 0) is 23.7 Å². The van der Waals surface area contributed by atoms with Crippen LogP contribution < -0.4 is 10.6 Å². The molecule has 0 spiro atoms. The Morgan fingerprint density at radius 2 is 1.11 bits per heavy atom. The molecule has 1 rings (SSSR count). The predicted octanol–water partition coefficient (Wildman–Crippen LogP) is 4.69. The Bertz CT molecular complexity index is 663. The maximum Gasteiger partial charge on any atom is 0.471 e. The number of likely N-dealkylation sites (N-methyl/N-ethyl adjacent to an activating group) is 2. The Morgan fingerprint density at radius 3 is 1.37 bits per heavy atom. The van der Waals surface area contributed by atoms with Crippen LogP contribution in [0.1, 0.15) is 82.1 Å². The Kier molecular flexibility index (Phi) is 12.8. The number of hydrogen-bond donors (Lipinski definition) is 2. The van der Waals surface area contributed by atoms with Gasteiger partial charge in [-0.2, -0.15) is 13.2 Å². The fraction of sp³-hybridized carbons (Fsp3) is 0.923. The number of amides is 2. The molecule has 0 bridgehead atoms. The number of hydrogen-bond acceptors (Lipinski definition) is 4. The monoisotopic (exact) mass is 508 g/mol. The zero-order valence-electron chi connectivity index (χ0n) is 24.1. The molecule has 1 saturated carbocycles. The Morgan fingerprint density at radius 1 is 0.771 bits per heavy atom.